The fourth-order valence-corrected chi connectivity index (χ4v) is 4.65. The van der Waals surface area contributed by atoms with Crippen molar-refractivity contribution in [2.24, 2.45) is 5.41 Å². The Morgan fingerprint density at radius 3 is 2.36 bits per heavy atom. The van der Waals surface area contributed by atoms with Crippen LogP contribution in [0.5, 0.6) is 0 Å². The average Bonchev–Trinajstić information content (AvgIpc) is 3.27. The molecule has 1 saturated carbocycles. The molecule has 3 rings (SSSR count). The third-order valence-electron chi connectivity index (χ3n) is 6.41. The highest BCUT2D eigenvalue weighted by atomic mass is 16.7. The summed E-state index contributed by atoms with van der Waals surface area (Å²) in [4.78, 5) is 11.4. The van der Waals surface area contributed by atoms with Crippen LogP contribution in [0.4, 0.5) is 0 Å². The molecular formula is C19H30O9. The van der Waals surface area contributed by atoms with E-state index in [1.54, 1.807) is 13.0 Å². The van der Waals surface area contributed by atoms with Gasteiger partial charge in [0.1, 0.15) is 41.7 Å². The highest BCUT2D eigenvalue weighted by molar-refractivity contribution is 5.87. The van der Waals surface area contributed by atoms with Gasteiger partial charge in [-0.05, 0) is 32.4 Å². The summed E-state index contributed by atoms with van der Waals surface area (Å²) in [6.45, 7) is 6.45. The summed E-state index contributed by atoms with van der Waals surface area (Å²) in [5.41, 5.74) is -2.36. The van der Waals surface area contributed by atoms with Gasteiger partial charge in [0.05, 0.1) is 12.7 Å². The number of ether oxygens (including phenoxy) is 3. The van der Waals surface area contributed by atoms with Crippen LogP contribution in [0, 0.1) is 5.41 Å². The van der Waals surface area contributed by atoms with Crippen LogP contribution in [0.3, 0.4) is 0 Å². The van der Waals surface area contributed by atoms with Crippen LogP contribution in [-0.2, 0) is 19.0 Å². The molecule has 9 heteroatoms. The summed E-state index contributed by atoms with van der Waals surface area (Å²) >= 11 is 0. The van der Waals surface area contributed by atoms with E-state index in [9.17, 15) is 30.3 Å². The maximum Gasteiger partial charge on any atom is 0.187 e. The maximum absolute atomic E-state index is 11.4. The van der Waals surface area contributed by atoms with E-state index in [2.05, 4.69) is 0 Å². The molecule has 0 aromatic rings. The molecule has 0 aromatic heterocycles. The number of aliphatic hydroxyl groups is 5. The lowest BCUT2D eigenvalue weighted by Crippen LogP contribution is -2.62. The minimum absolute atomic E-state index is 0.128. The van der Waals surface area contributed by atoms with Crippen molar-refractivity contribution in [3.05, 3.63) is 12.2 Å². The van der Waals surface area contributed by atoms with Gasteiger partial charge in [-0.25, -0.2) is 0 Å². The quantitative estimate of drug-likeness (QED) is 0.277. The molecule has 0 spiro atoms. The zero-order valence-corrected chi connectivity index (χ0v) is 16.5. The molecule has 0 unspecified atom stereocenters. The van der Waals surface area contributed by atoms with E-state index in [-0.39, 0.29) is 5.78 Å². The number of hydrogen-bond donors (Lipinski definition) is 5. The van der Waals surface area contributed by atoms with Crippen LogP contribution in [0.1, 0.15) is 34.1 Å². The molecule has 9 nitrogen and oxygen atoms in total. The van der Waals surface area contributed by atoms with Gasteiger partial charge in [0, 0.05) is 5.41 Å². The number of aliphatic hydroxyl groups excluding tert-OH is 5. The van der Waals surface area contributed by atoms with Crippen LogP contribution in [0.25, 0.3) is 0 Å². The first-order valence-electron chi connectivity index (χ1n) is 9.44. The lowest BCUT2D eigenvalue weighted by Gasteiger charge is -2.46. The molecule has 160 valence electrons. The maximum atomic E-state index is 11.4. The number of fused-ring (bicyclic) bond motifs is 1. The predicted molar refractivity (Wildman–Crippen MR) is 95.1 cm³/mol. The largest absolute Gasteiger partial charge is 0.394 e. The molecule has 2 aliphatic heterocycles. The fraction of sp³-hybridized carbons (Fsp3) is 0.842. The van der Waals surface area contributed by atoms with E-state index in [1.165, 1.54) is 13.0 Å². The number of hydrogen-bond acceptors (Lipinski definition) is 9. The van der Waals surface area contributed by atoms with Gasteiger partial charge in [-0.1, -0.05) is 13.8 Å². The van der Waals surface area contributed by atoms with Gasteiger partial charge in [-0.2, -0.15) is 0 Å². The Morgan fingerprint density at radius 1 is 1.14 bits per heavy atom. The highest BCUT2D eigenvalue weighted by Gasteiger charge is 2.79. The topological polar surface area (TPSA) is 149 Å². The van der Waals surface area contributed by atoms with Crippen molar-refractivity contribution in [2.75, 3.05) is 6.61 Å². The Hall–Kier alpha value is -0.910. The van der Waals surface area contributed by atoms with Gasteiger partial charge in [0.25, 0.3) is 0 Å². The molecule has 0 bridgehead atoms. The SMILES string of the molecule is CC(=O)/C=C/[C@]12O[C@@]1(C)[C@H](O)[C@@H](O[C@@H]1O[C@H](CO)[C@@H](O)[C@H](O)[C@H]1O)CC2(C)C. The standard InChI is InChI=1S/C19H30O9/c1-9(21)5-6-19-17(2,3)7-10(15(25)18(19,4)28-19)26-16-14(24)13(23)12(22)11(8-20)27-16/h5-6,10-16,20,22-25H,7-8H2,1-4H3/b6-5+/t10-,11+,12+,13-,14+,15+,16+,18-,19+/m0/s1. The fourth-order valence-electron chi connectivity index (χ4n) is 4.65. The first-order valence-corrected chi connectivity index (χ1v) is 9.44. The smallest absolute Gasteiger partial charge is 0.187 e. The Labute approximate surface area is 163 Å². The molecule has 0 radical (unpaired) electrons. The zero-order chi connectivity index (χ0) is 21.1. The Morgan fingerprint density at radius 2 is 1.79 bits per heavy atom. The van der Waals surface area contributed by atoms with E-state index < -0.39 is 66.1 Å². The second-order valence-electron chi connectivity index (χ2n) is 8.79. The summed E-state index contributed by atoms with van der Waals surface area (Å²) in [6, 6.07) is 0. The van der Waals surface area contributed by atoms with Crippen molar-refractivity contribution in [3.8, 4) is 0 Å². The number of epoxide rings is 1. The van der Waals surface area contributed by atoms with Crippen molar-refractivity contribution in [1.82, 2.24) is 0 Å². The molecule has 1 aliphatic carbocycles. The van der Waals surface area contributed by atoms with Gasteiger partial charge in [0.15, 0.2) is 12.1 Å². The zero-order valence-electron chi connectivity index (χ0n) is 16.5. The molecule has 0 amide bonds. The Balaban J connectivity index is 1.80. The second kappa shape index (κ2) is 7.10. The minimum atomic E-state index is -1.56. The highest BCUT2D eigenvalue weighted by Crippen LogP contribution is 2.66. The third-order valence-corrected chi connectivity index (χ3v) is 6.41. The normalized spacial score (nSPS) is 50.4. The number of carbonyl (C=O) groups is 1. The van der Waals surface area contributed by atoms with E-state index in [4.69, 9.17) is 14.2 Å². The third kappa shape index (κ3) is 3.14. The molecule has 0 aromatic carbocycles. The lowest BCUT2D eigenvalue weighted by atomic mass is 9.62. The molecule has 28 heavy (non-hydrogen) atoms. The van der Waals surface area contributed by atoms with Crippen LogP contribution in [0.2, 0.25) is 0 Å². The van der Waals surface area contributed by atoms with E-state index in [0.29, 0.717) is 6.42 Å². The van der Waals surface area contributed by atoms with Crippen molar-refractivity contribution in [3.63, 3.8) is 0 Å². The van der Waals surface area contributed by atoms with Gasteiger partial charge >= 0.3 is 0 Å². The molecule has 2 saturated heterocycles. The minimum Gasteiger partial charge on any atom is -0.394 e. The average molecular weight is 402 g/mol. The number of carbonyl (C=O) groups excluding carboxylic acids is 1. The van der Waals surface area contributed by atoms with Crippen LogP contribution >= 0.6 is 0 Å². The molecule has 9 atom stereocenters. The first-order chi connectivity index (χ1) is 12.9. The van der Waals surface area contributed by atoms with Gasteiger partial charge in [-0.3, -0.25) is 4.79 Å². The first kappa shape index (κ1) is 21.8. The van der Waals surface area contributed by atoms with E-state index in [0.717, 1.165) is 0 Å². The number of ketones is 1. The summed E-state index contributed by atoms with van der Waals surface area (Å²) in [6.07, 6.45) is -5.49. The van der Waals surface area contributed by atoms with Crippen molar-refractivity contribution < 1.29 is 44.5 Å². The van der Waals surface area contributed by atoms with Crippen LogP contribution in [-0.4, -0.2) is 92.0 Å². The van der Waals surface area contributed by atoms with E-state index >= 15 is 0 Å². The van der Waals surface area contributed by atoms with Crippen molar-refractivity contribution in [1.29, 1.82) is 0 Å². The molecule has 3 aliphatic rings. The summed E-state index contributed by atoms with van der Waals surface area (Å²) in [7, 11) is 0. The number of rotatable bonds is 5. The van der Waals surface area contributed by atoms with Crippen molar-refractivity contribution in [2.45, 2.75) is 88.2 Å². The predicted octanol–water partition coefficient (Wildman–Crippen LogP) is -1.36. The lowest BCUT2D eigenvalue weighted by molar-refractivity contribution is -0.322. The van der Waals surface area contributed by atoms with Crippen LogP contribution in [0.15, 0.2) is 12.2 Å². The van der Waals surface area contributed by atoms with Gasteiger partial charge in [-0.15, -0.1) is 0 Å². The van der Waals surface area contributed by atoms with E-state index in [1.807, 2.05) is 13.8 Å². The van der Waals surface area contributed by atoms with Crippen molar-refractivity contribution >= 4 is 5.78 Å². The number of allylic oxidation sites excluding steroid dienone is 1. The summed E-state index contributed by atoms with van der Waals surface area (Å²) in [5, 5.41) is 50.2. The molecule has 2 heterocycles. The van der Waals surface area contributed by atoms with Gasteiger partial charge in [0.2, 0.25) is 0 Å². The Bertz CT molecular complexity index is 647. The molecule has 5 N–H and O–H groups in total. The molecular weight excluding hydrogens is 372 g/mol. The second-order valence-corrected chi connectivity index (χ2v) is 8.79. The molecule has 3 fully saturated rings. The van der Waals surface area contributed by atoms with Crippen LogP contribution < -0.4 is 0 Å². The monoisotopic (exact) mass is 402 g/mol. The Kier molecular flexibility index (Phi) is 5.53. The summed E-state index contributed by atoms with van der Waals surface area (Å²) < 4.78 is 17.1. The van der Waals surface area contributed by atoms with Gasteiger partial charge < -0.3 is 39.7 Å². The summed E-state index contributed by atoms with van der Waals surface area (Å²) in [5.74, 6) is -0.128.